The molecule has 1 heteroatoms. The Morgan fingerprint density at radius 1 is 1.10 bits per heavy atom. The Hall–Kier alpha value is -0.980. The smallest absolute Gasteiger partial charge is 0.0108 e. The third kappa shape index (κ3) is 6.45. The first kappa shape index (κ1) is 19.0. The molecular weight excluding hydrogens is 242 g/mol. The second-order valence-corrected chi connectivity index (χ2v) is 5.79. The average molecular weight is 277 g/mol. The van der Waals surface area contributed by atoms with Crippen molar-refractivity contribution in [2.24, 2.45) is 5.92 Å². The van der Waals surface area contributed by atoms with Gasteiger partial charge in [0, 0.05) is 12.7 Å². The van der Waals surface area contributed by atoms with Crippen LogP contribution in [0.3, 0.4) is 0 Å². The lowest BCUT2D eigenvalue weighted by atomic mass is 9.84. The summed E-state index contributed by atoms with van der Waals surface area (Å²) in [7, 11) is 2.01. The fourth-order valence-corrected chi connectivity index (χ4v) is 2.64. The van der Waals surface area contributed by atoms with Gasteiger partial charge in [0.1, 0.15) is 0 Å². The molecular formula is C19H35N. The van der Waals surface area contributed by atoms with E-state index in [0.29, 0.717) is 5.92 Å². The van der Waals surface area contributed by atoms with Crippen molar-refractivity contribution >= 4 is 0 Å². The molecule has 0 amide bonds. The predicted octanol–water partition coefficient (Wildman–Crippen LogP) is 6.00. The second-order valence-electron chi connectivity index (χ2n) is 5.79. The summed E-state index contributed by atoms with van der Waals surface area (Å²) in [5.41, 5.74) is 5.56. The normalized spacial score (nSPS) is 13.4. The molecule has 0 fully saturated rings. The maximum atomic E-state index is 4.45. The van der Waals surface area contributed by atoms with E-state index in [4.69, 9.17) is 0 Å². The summed E-state index contributed by atoms with van der Waals surface area (Å²) in [6, 6.07) is 0. The van der Waals surface area contributed by atoms with Crippen molar-refractivity contribution in [1.29, 1.82) is 0 Å². The van der Waals surface area contributed by atoms with E-state index in [0.717, 1.165) is 12.8 Å². The average Bonchev–Trinajstić information content (AvgIpc) is 2.46. The molecule has 0 atom stereocenters. The summed E-state index contributed by atoms with van der Waals surface area (Å²) >= 11 is 0. The number of nitrogens with one attached hydrogen (secondary N) is 1. The van der Waals surface area contributed by atoms with E-state index in [2.05, 4.69) is 52.6 Å². The fraction of sp³-hybridized carbons (Fsp3) is 0.684. The van der Waals surface area contributed by atoms with Crippen LogP contribution >= 0.6 is 0 Å². The summed E-state index contributed by atoms with van der Waals surface area (Å²) < 4.78 is 0. The molecule has 0 saturated carbocycles. The molecule has 0 aliphatic rings. The minimum Gasteiger partial charge on any atom is -0.391 e. The van der Waals surface area contributed by atoms with Crippen LogP contribution in [0.15, 0.2) is 35.1 Å². The van der Waals surface area contributed by atoms with E-state index < -0.39 is 0 Å². The van der Waals surface area contributed by atoms with Gasteiger partial charge >= 0.3 is 0 Å². The zero-order valence-corrected chi connectivity index (χ0v) is 14.6. The molecule has 0 aromatic rings. The Bertz CT molecular complexity index is 341. The molecule has 0 aliphatic heterocycles. The van der Waals surface area contributed by atoms with E-state index in [9.17, 15) is 0 Å². The first-order valence-electron chi connectivity index (χ1n) is 8.20. The Labute approximate surface area is 127 Å². The van der Waals surface area contributed by atoms with E-state index in [1.807, 2.05) is 7.05 Å². The van der Waals surface area contributed by atoms with Crippen molar-refractivity contribution < 1.29 is 0 Å². The van der Waals surface area contributed by atoms with Gasteiger partial charge < -0.3 is 5.32 Å². The van der Waals surface area contributed by atoms with Crippen LogP contribution in [-0.2, 0) is 0 Å². The van der Waals surface area contributed by atoms with Gasteiger partial charge in [0.15, 0.2) is 0 Å². The van der Waals surface area contributed by atoms with Crippen molar-refractivity contribution in [2.75, 3.05) is 7.05 Å². The molecule has 1 N–H and O–H groups in total. The van der Waals surface area contributed by atoms with Gasteiger partial charge in [0.2, 0.25) is 0 Å². The first-order chi connectivity index (χ1) is 9.51. The van der Waals surface area contributed by atoms with E-state index in [-0.39, 0.29) is 0 Å². The SMILES string of the molecule is C=C(/C(CC/C(C)=C/C)=C(/C)NC)C(CCC)CCC. The minimum atomic E-state index is 0.647. The lowest BCUT2D eigenvalue weighted by Gasteiger charge is -2.23. The maximum absolute atomic E-state index is 4.45. The lowest BCUT2D eigenvalue weighted by Crippen LogP contribution is -2.12. The van der Waals surface area contributed by atoms with Gasteiger partial charge in [-0.25, -0.2) is 0 Å². The second kappa shape index (κ2) is 10.8. The molecule has 0 spiro atoms. The Morgan fingerprint density at radius 2 is 1.65 bits per heavy atom. The minimum absolute atomic E-state index is 0.647. The quantitative estimate of drug-likeness (QED) is 0.381. The zero-order valence-electron chi connectivity index (χ0n) is 14.6. The van der Waals surface area contributed by atoms with Gasteiger partial charge in [-0.1, -0.05) is 44.9 Å². The summed E-state index contributed by atoms with van der Waals surface area (Å²) in [6.45, 7) is 15.5. The van der Waals surface area contributed by atoms with Crippen molar-refractivity contribution in [2.45, 2.75) is 73.1 Å². The molecule has 0 radical (unpaired) electrons. The van der Waals surface area contributed by atoms with Crippen LogP contribution in [-0.4, -0.2) is 7.05 Å². The largest absolute Gasteiger partial charge is 0.391 e. The molecule has 0 bridgehead atoms. The summed E-state index contributed by atoms with van der Waals surface area (Å²) in [5, 5.41) is 3.33. The van der Waals surface area contributed by atoms with Crippen LogP contribution in [0.5, 0.6) is 0 Å². The van der Waals surface area contributed by atoms with Crippen LogP contribution in [0.4, 0.5) is 0 Å². The highest BCUT2D eigenvalue weighted by atomic mass is 14.8. The molecule has 0 rings (SSSR count). The standard InChI is InChI=1S/C19H35N/c1-8-11-18(12-9-2)16(5)19(17(6)20-7)14-13-15(4)10-3/h10,18,20H,5,8-9,11-14H2,1-4,6-7H3/b15-10+,19-17-. The van der Waals surface area contributed by atoms with Crippen LogP contribution in [0.1, 0.15) is 73.1 Å². The van der Waals surface area contributed by atoms with Crippen LogP contribution in [0.2, 0.25) is 0 Å². The molecule has 0 aliphatic carbocycles. The topological polar surface area (TPSA) is 12.0 Å². The summed E-state index contributed by atoms with van der Waals surface area (Å²) in [4.78, 5) is 0. The fourth-order valence-electron chi connectivity index (χ4n) is 2.64. The van der Waals surface area contributed by atoms with Crippen LogP contribution in [0.25, 0.3) is 0 Å². The monoisotopic (exact) mass is 277 g/mol. The summed E-state index contributed by atoms with van der Waals surface area (Å²) in [5.74, 6) is 0.647. The van der Waals surface area contributed by atoms with Gasteiger partial charge in [-0.3, -0.25) is 0 Å². The molecule has 116 valence electrons. The van der Waals surface area contributed by atoms with Crippen molar-refractivity contribution in [3.8, 4) is 0 Å². The number of hydrogen-bond donors (Lipinski definition) is 1. The van der Waals surface area contributed by atoms with Gasteiger partial charge in [-0.2, -0.15) is 0 Å². The van der Waals surface area contributed by atoms with Crippen molar-refractivity contribution in [3.63, 3.8) is 0 Å². The molecule has 0 saturated heterocycles. The molecule has 20 heavy (non-hydrogen) atoms. The number of allylic oxidation sites excluding steroid dienone is 5. The van der Waals surface area contributed by atoms with E-state index >= 15 is 0 Å². The number of rotatable bonds is 10. The van der Waals surface area contributed by atoms with Gasteiger partial charge in [0.05, 0.1) is 0 Å². The Balaban J connectivity index is 5.06. The Kier molecular flexibility index (Phi) is 10.2. The van der Waals surface area contributed by atoms with E-state index in [1.54, 1.807) is 0 Å². The van der Waals surface area contributed by atoms with Crippen molar-refractivity contribution in [3.05, 3.63) is 35.1 Å². The van der Waals surface area contributed by atoms with Gasteiger partial charge in [-0.15, -0.1) is 0 Å². The number of hydrogen-bond acceptors (Lipinski definition) is 1. The predicted molar refractivity (Wildman–Crippen MR) is 92.9 cm³/mol. The van der Waals surface area contributed by atoms with E-state index in [1.165, 1.54) is 48.1 Å². The third-order valence-electron chi connectivity index (χ3n) is 4.24. The van der Waals surface area contributed by atoms with Crippen LogP contribution < -0.4 is 5.32 Å². The molecule has 0 aromatic carbocycles. The van der Waals surface area contributed by atoms with Crippen LogP contribution in [0, 0.1) is 5.92 Å². The summed E-state index contributed by atoms with van der Waals surface area (Å²) in [6.07, 6.45) is 9.45. The first-order valence-corrected chi connectivity index (χ1v) is 8.20. The Morgan fingerprint density at radius 3 is 2.05 bits per heavy atom. The molecule has 0 unspecified atom stereocenters. The molecule has 1 nitrogen and oxygen atoms in total. The third-order valence-corrected chi connectivity index (χ3v) is 4.24. The zero-order chi connectivity index (χ0) is 15.5. The van der Waals surface area contributed by atoms with Gasteiger partial charge in [-0.05, 0) is 63.5 Å². The highest BCUT2D eigenvalue weighted by molar-refractivity contribution is 5.34. The lowest BCUT2D eigenvalue weighted by molar-refractivity contribution is 0.505. The molecule has 0 aromatic heterocycles. The highest BCUT2D eigenvalue weighted by Crippen LogP contribution is 2.31. The highest BCUT2D eigenvalue weighted by Gasteiger charge is 2.16. The molecule has 0 heterocycles. The van der Waals surface area contributed by atoms with Gasteiger partial charge in [0.25, 0.3) is 0 Å². The maximum Gasteiger partial charge on any atom is 0.0108 e. The van der Waals surface area contributed by atoms with Crippen molar-refractivity contribution in [1.82, 2.24) is 5.32 Å².